The molecule has 0 N–H and O–H groups in total. The lowest BCUT2D eigenvalue weighted by Gasteiger charge is -2.13. The summed E-state index contributed by atoms with van der Waals surface area (Å²) < 4.78 is 16.1. The highest BCUT2D eigenvalue weighted by Crippen LogP contribution is 2.37. The summed E-state index contributed by atoms with van der Waals surface area (Å²) in [5.74, 6) is 0.750. The van der Waals surface area contributed by atoms with Crippen LogP contribution in [0.3, 0.4) is 0 Å². The van der Waals surface area contributed by atoms with Gasteiger partial charge in [-0.15, -0.1) is 0 Å². The van der Waals surface area contributed by atoms with Crippen LogP contribution < -0.4 is 9.47 Å². The van der Waals surface area contributed by atoms with E-state index < -0.39 is 5.97 Å². The summed E-state index contributed by atoms with van der Waals surface area (Å²) in [5.41, 5.74) is 1.90. The van der Waals surface area contributed by atoms with Crippen molar-refractivity contribution in [1.29, 1.82) is 0 Å². The zero-order valence-electron chi connectivity index (χ0n) is 13.8. The topological polar surface area (TPSA) is 57.1 Å². The van der Waals surface area contributed by atoms with Crippen molar-refractivity contribution < 1.29 is 19.0 Å². The molecular weight excluding hydrogens is 342 g/mol. The fraction of sp³-hybridized carbons (Fsp3) is 0.158. The van der Waals surface area contributed by atoms with Gasteiger partial charge in [0.15, 0.2) is 23.1 Å². The number of ether oxygens (including phenoxy) is 3. The number of carbonyl (C=O) groups excluding carboxylic acids is 1. The predicted octanol–water partition coefficient (Wildman–Crippen LogP) is 4.24. The Balaban J connectivity index is 1.86. The van der Waals surface area contributed by atoms with Crippen LogP contribution in [-0.2, 0) is 16.1 Å². The molecule has 0 saturated heterocycles. The molecule has 1 heterocycles. The second-order valence-corrected chi connectivity index (χ2v) is 5.77. The molecule has 0 spiro atoms. The normalized spacial score (nSPS) is 15.1. The number of nitrogens with zero attached hydrogens (tertiary/aromatic N) is 1. The first kappa shape index (κ1) is 17.0. The molecule has 0 aromatic heterocycles. The van der Waals surface area contributed by atoms with Crippen molar-refractivity contribution in [2.45, 2.75) is 13.5 Å². The molecule has 0 unspecified atom stereocenters. The van der Waals surface area contributed by atoms with Crippen LogP contribution in [0.4, 0.5) is 0 Å². The predicted molar refractivity (Wildman–Crippen MR) is 96.0 cm³/mol. The van der Waals surface area contributed by atoms with Crippen LogP contribution in [0.1, 0.15) is 18.1 Å². The molecule has 6 heteroatoms. The molecule has 5 nitrogen and oxygen atoms in total. The van der Waals surface area contributed by atoms with Crippen LogP contribution >= 0.6 is 11.6 Å². The number of rotatable bonds is 5. The first-order valence-electron chi connectivity index (χ1n) is 7.60. The zero-order valence-corrected chi connectivity index (χ0v) is 14.5. The molecule has 2 aromatic carbocycles. The fourth-order valence-electron chi connectivity index (χ4n) is 2.37. The smallest absolute Gasteiger partial charge is 0.363 e. The summed E-state index contributed by atoms with van der Waals surface area (Å²) in [6.45, 7) is 1.99. The number of hydrogen-bond acceptors (Lipinski definition) is 5. The third-order valence-corrected chi connectivity index (χ3v) is 3.79. The maximum atomic E-state index is 11.7. The van der Waals surface area contributed by atoms with Crippen LogP contribution in [0.15, 0.2) is 53.2 Å². The van der Waals surface area contributed by atoms with Crippen molar-refractivity contribution in [1.82, 2.24) is 0 Å². The van der Waals surface area contributed by atoms with Gasteiger partial charge in [-0.2, -0.15) is 0 Å². The number of carbonyl (C=O) groups is 1. The highest BCUT2D eigenvalue weighted by Gasteiger charge is 2.20. The first-order valence-corrected chi connectivity index (χ1v) is 7.98. The van der Waals surface area contributed by atoms with E-state index in [-0.39, 0.29) is 5.70 Å². The van der Waals surface area contributed by atoms with Crippen molar-refractivity contribution in [2.24, 2.45) is 4.99 Å². The second kappa shape index (κ2) is 7.40. The minimum Gasteiger partial charge on any atom is -0.493 e. The van der Waals surface area contributed by atoms with Gasteiger partial charge in [-0.05, 0) is 29.3 Å². The summed E-state index contributed by atoms with van der Waals surface area (Å²) in [7, 11) is 1.53. The molecule has 2 aromatic rings. The lowest BCUT2D eigenvalue weighted by molar-refractivity contribution is -0.130. The van der Waals surface area contributed by atoms with Crippen molar-refractivity contribution in [3.63, 3.8) is 0 Å². The van der Waals surface area contributed by atoms with E-state index >= 15 is 0 Å². The Kier molecular flexibility index (Phi) is 5.05. The Morgan fingerprint density at radius 2 is 2.00 bits per heavy atom. The number of aliphatic imine (C=N–C) groups is 1. The number of esters is 1. The van der Waals surface area contributed by atoms with Crippen molar-refractivity contribution in [2.75, 3.05) is 7.11 Å². The number of hydrogen-bond donors (Lipinski definition) is 0. The minimum atomic E-state index is -0.489. The highest BCUT2D eigenvalue weighted by atomic mass is 35.5. The van der Waals surface area contributed by atoms with Crippen LogP contribution in [0, 0.1) is 0 Å². The molecule has 3 rings (SSSR count). The lowest BCUT2D eigenvalue weighted by Crippen LogP contribution is -2.00. The second-order valence-electron chi connectivity index (χ2n) is 5.36. The number of benzene rings is 2. The van der Waals surface area contributed by atoms with E-state index in [1.807, 2.05) is 30.3 Å². The van der Waals surface area contributed by atoms with E-state index in [1.165, 1.54) is 7.11 Å². The Morgan fingerprint density at radius 3 is 2.64 bits per heavy atom. The molecule has 128 valence electrons. The number of cyclic esters (lactones) is 1. The first-order chi connectivity index (χ1) is 12.1. The summed E-state index contributed by atoms with van der Waals surface area (Å²) in [4.78, 5) is 15.7. The third-order valence-electron chi connectivity index (χ3n) is 3.51. The quantitative estimate of drug-likeness (QED) is 0.593. The fourth-order valence-corrected chi connectivity index (χ4v) is 2.64. The van der Waals surface area contributed by atoms with Gasteiger partial charge in [0.1, 0.15) is 6.61 Å². The van der Waals surface area contributed by atoms with E-state index in [2.05, 4.69) is 4.99 Å². The van der Waals surface area contributed by atoms with Crippen molar-refractivity contribution in [3.8, 4) is 11.5 Å². The Morgan fingerprint density at radius 1 is 1.24 bits per heavy atom. The highest BCUT2D eigenvalue weighted by molar-refractivity contribution is 6.32. The van der Waals surface area contributed by atoms with Gasteiger partial charge in [0, 0.05) is 6.92 Å². The van der Waals surface area contributed by atoms with E-state index in [0.717, 1.165) is 5.56 Å². The van der Waals surface area contributed by atoms with Gasteiger partial charge < -0.3 is 14.2 Å². The Hall–Kier alpha value is -2.79. The Bertz CT molecular complexity index is 859. The summed E-state index contributed by atoms with van der Waals surface area (Å²) in [5, 5.41) is 0.384. The SMILES string of the molecule is COc1cc(C=C2N=C(C)OC2=O)cc(Cl)c1OCc1ccccc1. The van der Waals surface area contributed by atoms with E-state index in [9.17, 15) is 4.79 Å². The standard InChI is InChI=1S/C19H16ClNO4/c1-12-21-16(19(22)25-12)9-14-8-15(20)18(17(10-14)23-2)24-11-13-6-4-3-5-7-13/h3-10H,11H2,1-2H3. The zero-order chi connectivity index (χ0) is 17.8. The molecule has 0 amide bonds. The van der Waals surface area contributed by atoms with Gasteiger partial charge in [-0.25, -0.2) is 9.79 Å². The third kappa shape index (κ3) is 4.00. The van der Waals surface area contributed by atoms with Crippen LogP contribution in [0.25, 0.3) is 6.08 Å². The number of halogens is 1. The average Bonchev–Trinajstić information content (AvgIpc) is 2.91. The van der Waals surface area contributed by atoms with Gasteiger partial charge in [0.25, 0.3) is 0 Å². The van der Waals surface area contributed by atoms with Crippen molar-refractivity contribution >= 4 is 29.5 Å². The van der Waals surface area contributed by atoms with Crippen LogP contribution in [-0.4, -0.2) is 19.0 Å². The Labute approximate surface area is 150 Å². The van der Waals surface area contributed by atoms with Gasteiger partial charge in [-0.1, -0.05) is 41.9 Å². The van der Waals surface area contributed by atoms with E-state index in [1.54, 1.807) is 25.1 Å². The van der Waals surface area contributed by atoms with Gasteiger partial charge in [0.05, 0.1) is 12.1 Å². The van der Waals surface area contributed by atoms with Crippen LogP contribution in [0.2, 0.25) is 5.02 Å². The molecule has 0 aliphatic carbocycles. The van der Waals surface area contributed by atoms with Gasteiger partial charge >= 0.3 is 5.97 Å². The molecule has 1 aliphatic rings. The summed E-state index contributed by atoms with van der Waals surface area (Å²) in [6.07, 6.45) is 1.59. The minimum absolute atomic E-state index is 0.216. The molecule has 0 fully saturated rings. The molecule has 0 saturated carbocycles. The largest absolute Gasteiger partial charge is 0.493 e. The average molecular weight is 358 g/mol. The van der Waals surface area contributed by atoms with Gasteiger partial charge in [0.2, 0.25) is 0 Å². The maximum Gasteiger partial charge on any atom is 0.363 e. The molecular formula is C19H16ClNO4. The molecule has 0 radical (unpaired) electrons. The molecule has 0 bridgehead atoms. The summed E-state index contributed by atoms with van der Waals surface area (Å²) in [6, 6.07) is 13.2. The van der Waals surface area contributed by atoms with Crippen LogP contribution in [0.5, 0.6) is 11.5 Å². The van der Waals surface area contributed by atoms with Crippen molar-refractivity contribution in [3.05, 3.63) is 64.3 Å². The lowest BCUT2D eigenvalue weighted by atomic mass is 10.1. The van der Waals surface area contributed by atoms with Gasteiger partial charge in [-0.3, -0.25) is 0 Å². The number of methoxy groups -OCH3 is 1. The molecule has 0 atom stereocenters. The molecule has 1 aliphatic heterocycles. The van der Waals surface area contributed by atoms with E-state index in [0.29, 0.717) is 34.6 Å². The summed E-state index contributed by atoms with van der Waals surface area (Å²) >= 11 is 6.34. The van der Waals surface area contributed by atoms with E-state index in [4.69, 9.17) is 25.8 Å². The monoisotopic (exact) mass is 357 g/mol. The molecule has 25 heavy (non-hydrogen) atoms. The maximum absolute atomic E-state index is 11.7.